The molecule has 3 aliphatic rings. The number of aliphatic hydroxyl groups excluding tert-OH is 1. The van der Waals surface area contributed by atoms with Gasteiger partial charge < -0.3 is 21.9 Å². The maximum atomic E-state index is 13.1. The van der Waals surface area contributed by atoms with Gasteiger partial charge in [-0.05, 0) is 50.9 Å². The highest BCUT2D eigenvalue weighted by atomic mass is 16.3. The van der Waals surface area contributed by atoms with Crippen molar-refractivity contribution in [2.75, 3.05) is 13.2 Å². The molecule has 1 atom stereocenters. The Kier molecular flexibility index (Phi) is 6.68. The molecule has 3 rings (SSSR count). The van der Waals surface area contributed by atoms with Crippen molar-refractivity contribution in [1.29, 1.82) is 0 Å². The highest BCUT2D eigenvalue weighted by molar-refractivity contribution is 6.29. The molecule has 0 unspecified atom stereocenters. The highest BCUT2D eigenvalue weighted by Crippen LogP contribution is 2.44. The van der Waals surface area contributed by atoms with E-state index in [1.54, 1.807) is 6.92 Å². The number of urea groups is 2. The molecule has 0 spiro atoms. The number of carbonyl (C=O) groups excluding carboxylic acids is 5. The van der Waals surface area contributed by atoms with Crippen molar-refractivity contribution in [2.45, 2.75) is 70.4 Å². The molecule has 2 saturated heterocycles. The number of unbranched alkanes of at least 4 members (excludes halogenated alkanes) is 1. The average molecular weight is 465 g/mol. The van der Waals surface area contributed by atoms with Crippen LogP contribution in [0.1, 0.15) is 58.8 Å². The van der Waals surface area contributed by atoms with Crippen LogP contribution < -0.4 is 22.1 Å². The molecule has 0 aromatic rings. The van der Waals surface area contributed by atoms with E-state index in [-0.39, 0.29) is 19.6 Å². The molecule has 1 aliphatic carbocycles. The minimum Gasteiger partial charge on any atom is -0.396 e. The van der Waals surface area contributed by atoms with Gasteiger partial charge in [0.15, 0.2) is 0 Å². The number of nitrogens with zero attached hydrogens (tertiary/aromatic N) is 2. The summed E-state index contributed by atoms with van der Waals surface area (Å²) in [5.41, 5.74) is 9.00. The first kappa shape index (κ1) is 24.5. The van der Waals surface area contributed by atoms with Crippen LogP contribution in [-0.4, -0.2) is 69.4 Å². The van der Waals surface area contributed by atoms with E-state index in [1.165, 1.54) is 0 Å². The van der Waals surface area contributed by atoms with E-state index in [2.05, 4.69) is 10.6 Å². The minimum absolute atomic E-state index is 0.148. The molecule has 12 heteroatoms. The number of aliphatic hydroxyl groups is 1. The van der Waals surface area contributed by atoms with Crippen molar-refractivity contribution < 1.29 is 29.1 Å². The fraction of sp³-hybridized carbons (Fsp3) is 0.667. The zero-order valence-corrected chi connectivity index (χ0v) is 19.0. The summed E-state index contributed by atoms with van der Waals surface area (Å²) in [6.07, 6.45) is 3.06. The van der Waals surface area contributed by atoms with Gasteiger partial charge in [0.2, 0.25) is 0 Å². The van der Waals surface area contributed by atoms with E-state index in [0.29, 0.717) is 32.1 Å². The van der Waals surface area contributed by atoms with Gasteiger partial charge >= 0.3 is 12.1 Å². The SMILES string of the molecule is CCCCN1C(=O)C(=C(N)N)C(=O)N(C2CCC(CO)(C[C@@]3(C)NC(=O)NC3=O)CC2)C1=O. The van der Waals surface area contributed by atoms with Crippen LogP contribution in [0.3, 0.4) is 0 Å². The van der Waals surface area contributed by atoms with Gasteiger partial charge in [-0.1, -0.05) is 13.3 Å². The molecule has 7 amide bonds. The molecule has 182 valence electrons. The van der Waals surface area contributed by atoms with Crippen LogP contribution in [0.4, 0.5) is 9.59 Å². The van der Waals surface area contributed by atoms with Gasteiger partial charge in [0.1, 0.15) is 16.9 Å². The number of hydrogen-bond acceptors (Lipinski definition) is 8. The Balaban J connectivity index is 1.80. The van der Waals surface area contributed by atoms with Crippen LogP contribution in [0.2, 0.25) is 0 Å². The van der Waals surface area contributed by atoms with E-state index >= 15 is 0 Å². The zero-order chi connectivity index (χ0) is 24.6. The lowest BCUT2D eigenvalue weighted by Crippen LogP contribution is -2.61. The van der Waals surface area contributed by atoms with Crippen LogP contribution in [-0.2, 0) is 14.4 Å². The predicted molar refractivity (Wildman–Crippen MR) is 116 cm³/mol. The Morgan fingerprint density at radius 2 is 1.76 bits per heavy atom. The zero-order valence-electron chi connectivity index (χ0n) is 19.0. The number of barbiturate groups is 1. The number of imide groups is 3. The van der Waals surface area contributed by atoms with Crippen molar-refractivity contribution in [3.8, 4) is 0 Å². The quantitative estimate of drug-likeness (QED) is 0.191. The molecule has 0 aromatic heterocycles. The largest absolute Gasteiger partial charge is 0.396 e. The first-order valence-electron chi connectivity index (χ1n) is 11.2. The maximum Gasteiger partial charge on any atom is 0.334 e. The molecule has 12 nitrogen and oxygen atoms in total. The summed E-state index contributed by atoms with van der Waals surface area (Å²) in [6.45, 7) is 3.45. The van der Waals surface area contributed by atoms with Crippen molar-refractivity contribution in [3.05, 3.63) is 11.4 Å². The molecule has 1 saturated carbocycles. The van der Waals surface area contributed by atoms with Crippen LogP contribution >= 0.6 is 0 Å². The molecule has 3 fully saturated rings. The second kappa shape index (κ2) is 9.00. The van der Waals surface area contributed by atoms with Gasteiger partial charge in [-0.25, -0.2) is 9.59 Å². The van der Waals surface area contributed by atoms with Crippen LogP contribution in [0.15, 0.2) is 11.4 Å². The van der Waals surface area contributed by atoms with Gasteiger partial charge in [-0.2, -0.15) is 0 Å². The fourth-order valence-electron chi connectivity index (χ4n) is 5.05. The lowest BCUT2D eigenvalue weighted by Gasteiger charge is -2.46. The Morgan fingerprint density at radius 3 is 2.24 bits per heavy atom. The number of nitrogens with one attached hydrogen (secondary N) is 2. The molecule has 7 N–H and O–H groups in total. The normalized spacial score (nSPS) is 30.6. The first-order valence-corrected chi connectivity index (χ1v) is 11.2. The van der Waals surface area contributed by atoms with E-state index in [1.807, 2.05) is 6.92 Å². The number of hydrogen-bond donors (Lipinski definition) is 5. The molecule has 0 aromatic carbocycles. The monoisotopic (exact) mass is 464 g/mol. The highest BCUT2D eigenvalue weighted by Gasteiger charge is 2.51. The van der Waals surface area contributed by atoms with Gasteiger partial charge in [0, 0.05) is 19.2 Å². The van der Waals surface area contributed by atoms with E-state index in [9.17, 15) is 29.1 Å². The summed E-state index contributed by atoms with van der Waals surface area (Å²) < 4.78 is 0. The standard InChI is InChI=1S/C21H32N6O6/c1-3-4-9-26-15(29)13(14(22)23)16(30)27(19(26)33)12-5-7-21(11-28,8-6-12)10-20(2)17(31)24-18(32)25-20/h12,28H,3-11,22-23H2,1-2H3,(H2,24,25,31,32)/t12?,20-,21?/m1/s1. The van der Waals surface area contributed by atoms with Gasteiger partial charge in [-0.3, -0.25) is 29.5 Å². The topological polar surface area (TPSA) is 188 Å². The summed E-state index contributed by atoms with van der Waals surface area (Å²) in [5.74, 6) is -2.48. The summed E-state index contributed by atoms with van der Waals surface area (Å²) in [5, 5.41) is 15.0. The lowest BCUT2D eigenvalue weighted by molar-refractivity contribution is -0.138. The molecular formula is C21H32N6O6. The summed E-state index contributed by atoms with van der Waals surface area (Å²) in [4.78, 5) is 64.8. The van der Waals surface area contributed by atoms with Gasteiger partial charge in [0.05, 0.1) is 0 Å². The molecule has 2 aliphatic heterocycles. The van der Waals surface area contributed by atoms with E-state index in [4.69, 9.17) is 11.5 Å². The number of nitrogens with two attached hydrogens (primary N) is 2. The molecule has 0 radical (unpaired) electrons. The Bertz CT molecular complexity index is 905. The predicted octanol–water partition coefficient (Wildman–Crippen LogP) is -0.384. The van der Waals surface area contributed by atoms with Crippen molar-refractivity contribution >= 4 is 29.8 Å². The maximum absolute atomic E-state index is 13.1. The Morgan fingerprint density at radius 1 is 1.12 bits per heavy atom. The van der Waals surface area contributed by atoms with Crippen LogP contribution in [0.25, 0.3) is 0 Å². The Hall–Kier alpha value is -3.15. The van der Waals surface area contributed by atoms with Crippen LogP contribution in [0, 0.1) is 5.41 Å². The van der Waals surface area contributed by atoms with Crippen molar-refractivity contribution in [3.63, 3.8) is 0 Å². The first-order chi connectivity index (χ1) is 15.5. The summed E-state index contributed by atoms with van der Waals surface area (Å²) in [7, 11) is 0. The molecule has 2 heterocycles. The third-order valence-corrected chi connectivity index (χ3v) is 6.92. The van der Waals surface area contributed by atoms with Gasteiger partial charge in [-0.15, -0.1) is 0 Å². The summed E-state index contributed by atoms with van der Waals surface area (Å²) in [6, 6.07) is -1.79. The second-order valence-corrected chi connectivity index (χ2v) is 9.40. The molecular weight excluding hydrogens is 432 g/mol. The minimum atomic E-state index is -1.16. The van der Waals surface area contributed by atoms with Crippen molar-refractivity contribution in [1.82, 2.24) is 20.4 Å². The Labute approximate surface area is 191 Å². The number of amides is 7. The third kappa shape index (κ3) is 4.39. The fourth-order valence-corrected chi connectivity index (χ4v) is 5.05. The lowest BCUT2D eigenvalue weighted by atomic mass is 9.66. The van der Waals surface area contributed by atoms with Crippen LogP contribution in [0.5, 0.6) is 0 Å². The third-order valence-electron chi connectivity index (χ3n) is 6.92. The smallest absolute Gasteiger partial charge is 0.334 e. The second-order valence-electron chi connectivity index (χ2n) is 9.40. The number of carbonyl (C=O) groups is 5. The average Bonchev–Trinajstić information content (AvgIpc) is 2.99. The molecule has 33 heavy (non-hydrogen) atoms. The van der Waals surface area contributed by atoms with E-state index in [0.717, 1.165) is 16.2 Å². The van der Waals surface area contributed by atoms with Gasteiger partial charge in [0.25, 0.3) is 17.7 Å². The number of rotatable bonds is 7. The van der Waals surface area contributed by atoms with E-state index < -0.39 is 58.2 Å². The van der Waals surface area contributed by atoms with Crippen molar-refractivity contribution in [2.24, 2.45) is 16.9 Å². The summed E-state index contributed by atoms with van der Waals surface area (Å²) >= 11 is 0. The molecule has 0 bridgehead atoms.